The van der Waals surface area contributed by atoms with E-state index in [1.54, 1.807) is 12.3 Å². The molecular formula is C9H8N4O2. The van der Waals surface area contributed by atoms with Crippen LogP contribution in [0.1, 0.15) is 11.4 Å². The number of hydrogen-bond donors (Lipinski definition) is 2. The van der Waals surface area contributed by atoms with Gasteiger partial charge in [-0.3, -0.25) is 0 Å². The third-order valence-corrected chi connectivity index (χ3v) is 1.85. The fourth-order valence-corrected chi connectivity index (χ4v) is 1.15. The van der Waals surface area contributed by atoms with E-state index >= 15 is 0 Å². The molecule has 0 fully saturated rings. The molecule has 2 aromatic rings. The number of aromatic nitrogens is 3. The van der Waals surface area contributed by atoms with Crippen molar-refractivity contribution >= 4 is 0 Å². The topological polar surface area (TPSA) is 98.7 Å². The molecule has 0 amide bonds. The van der Waals surface area contributed by atoms with Gasteiger partial charge in [0.15, 0.2) is 5.82 Å². The highest BCUT2D eigenvalue weighted by Crippen LogP contribution is 2.16. The van der Waals surface area contributed by atoms with Crippen molar-refractivity contribution in [2.45, 2.75) is 6.42 Å². The zero-order valence-corrected chi connectivity index (χ0v) is 7.77. The molecular weight excluding hydrogens is 196 g/mol. The van der Waals surface area contributed by atoms with E-state index < -0.39 is 0 Å². The third-order valence-electron chi connectivity index (χ3n) is 1.85. The summed E-state index contributed by atoms with van der Waals surface area (Å²) in [5.41, 5.74) is 1.11. The van der Waals surface area contributed by atoms with Crippen molar-refractivity contribution in [3.8, 4) is 17.7 Å². The molecule has 2 rings (SSSR count). The molecule has 15 heavy (non-hydrogen) atoms. The van der Waals surface area contributed by atoms with Gasteiger partial charge in [-0.05, 0) is 6.07 Å². The molecule has 2 heterocycles. The maximum absolute atomic E-state index is 8.67. The molecule has 0 bridgehead atoms. The second kappa shape index (κ2) is 3.94. The molecule has 0 saturated heterocycles. The summed E-state index contributed by atoms with van der Waals surface area (Å²) in [6.07, 6.45) is 1.92. The van der Waals surface area contributed by atoms with Crippen molar-refractivity contribution in [2.75, 3.05) is 6.61 Å². The summed E-state index contributed by atoms with van der Waals surface area (Å²) in [5.74, 6) is 0.764. The summed E-state index contributed by atoms with van der Waals surface area (Å²) in [7, 11) is 0. The molecule has 0 atom stereocenters. The molecule has 0 radical (unpaired) electrons. The van der Waals surface area contributed by atoms with Gasteiger partial charge in [-0.2, -0.15) is 10.2 Å². The zero-order chi connectivity index (χ0) is 10.7. The van der Waals surface area contributed by atoms with Crippen LogP contribution in [0, 0.1) is 11.3 Å². The minimum absolute atomic E-state index is 0.0207. The standard InChI is InChI=1S/C9H8N4O2/c10-4-6-3-7(11-5-6)9-12-8(1-2-14)13-15-9/h3,5,11,14H,1-2H2. The summed E-state index contributed by atoms with van der Waals surface area (Å²) in [6, 6.07) is 3.61. The summed E-state index contributed by atoms with van der Waals surface area (Å²) >= 11 is 0. The second-order valence-corrected chi connectivity index (χ2v) is 2.90. The van der Waals surface area contributed by atoms with Gasteiger partial charge in [-0.1, -0.05) is 5.16 Å². The first-order valence-electron chi connectivity index (χ1n) is 4.36. The number of aromatic amines is 1. The first-order valence-corrected chi connectivity index (χ1v) is 4.36. The summed E-state index contributed by atoms with van der Waals surface area (Å²) in [6.45, 7) is -0.0207. The molecule has 0 aliphatic carbocycles. The molecule has 0 spiro atoms. The van der Waals surface area contributed by atoms with Crippen molar-refractivity contribution < 1.29 is 9.63 Å². The minimum Gasteiger partial charge on any atom is -0.396 e. The molecule has 0 aliphatic rings. The third kappa shape index (κ3) is 1.87. The monoisotopic (exact) mass is 204 g/mol. The Labute approximate surface area is 85.2 Å². The maximum Gasteiger partial charge on any atom is 0.274 e. The number of aliphatic hydroxyl groups excluding tert-OH is 1. The average molecular weight is 204 g/mol. The average Bonchev–Trinajstić information content (AvgIpc) is 2.85. The van der Waals surface area contributed by atoms with E-state index in [9.17, 15) is 0 Å². The molecule has 76 valence electrons. The Morgan fingerprint density at radius 2 is 2.47 bits per heavy atom. The molecule has 6 heteroatoms. The van der Waals surface area contributed by atoms with Crippen LogP contribution in [0.25, 0.3) is 11.6 Å². The van der Waals surface area contributed by atoms with Crippen molar-refractivity contribution in [3.05, 3.63) is 23.7 Å². The van der Waals surface area contributed by atoms with Crippen LogP contribution in [0.15, 0.2) is 16.8 Å². The number of rotatable bonds is 3. The van der Waals surface area contributed by atoms with Crippen molar-refractivity contribution in [1.82, 2.24) is 15.1 Å². The lowest BCUT2D eigenvalue weighted by atomic mass is 10.3. The van der Waals surface area contributed by atoms with Crippen molar-refractivity contribution in [3.63, 3.8) is 0 Å². The maximum atomic E-state index is 8.67. The van der Waals surface area contributed by atoms with Gasteiger partial charge in [-0.25, -0.2) is 0 Å². The smallest absolute Gasteiger partial charge is 0.274 e. The number of nitrogens with zero attached hydrogens (tertiary/aromatic N) is 3. The fourth-order valence-electron chi connectivity index (χ4n) is 1.15. The van der Waals surface area contributed by atoms with Gasteiger partial charge in [0.2, 0.25) is 0 Å². The molecule has 2 aromatic heterocycles. The molecule has 2 N–H and O–H groups in total. The van der Waals surface area contributed by atoms with Crippen LogP contribution in [0.5, 0.6) is 0 Å². The molecule has 0 saturated carbocycles. The van der Waals surface area contributed by atoms with Gasteiger partial charge in [0.25, 0.3) is 5.89 Å². The summed E-state index contributed by atoms with van der Waals surface area (Å²) < 4.78 is 4.95. The normalized spacial score (nSPS) is 10.1. The van der Waals surface area contributed by atoms with E-state index in [4.69, 9.17) is 14.9 Å². The van der Waals surface area contributed by atoms with Crippen molar-refractivity contribution in [1.29, 1.82) is 5.26 Å². The second-order valence-electron chi connectivity index (χ2n) is 2.90. The zero-order valence-electron chi connectivity index (χ0n) is 7.77. The van der Waals surface area contributed by atoms with E-state index in [0.717, 1.165) is 0 Å². The quantitative estimate of drug-likeness (QED) is 0.757. The fraction of sp³-hybridized carbons (Fsp3) is 0.222. The lowest BCUT2D eigenvalue weighted by Gasteiger charge is -1.84. The molecule has 6 nitrogen and oxygen atoms in total. The molecule has 0 unspecified atom stereocenters. The van der Waals surface area contributed by atoms with E-state index in [-0.39, 0.29) is 6.61 Å². The van der Waals surface area contributed by atoms with E-state index in [1.807, 2.05) is 6.07 Å². The van der Waals surface area contributed by atoms with Gasteiger partial charge in [0.1, 0.15) is 11.8 Å². The minimum atomic E-state index is -0.0207. The van der Waals surface area contributed by atoms with Crippen molar-refractivity contribution in [2.24, 2.45) is 0 Å². The van der Waals surface area contributed by atoms with Crippen LogP contribution in [0.3, 0.4) is 0 Å². The number of nitrogens with one attached hydrogen (secondary N) is 1. The van der Waals surface area contributed by atoms with Crippen LogP contribution < -0.4 is 0 Å². The van der Waals surface area contributed by atoms with Gasteiger partial charge < -0.3 is 14.6 Å². The number of H-pyrrole nitrogens is 1. The summed E-state index contributed by atoms with van der Waals surface area (Å²) in [5, 5.41) is 21.0. The van der Waals surface area contributed by atoms with Crippen LogP contribution in [0.2, 0.25) is 0 Å². The Morgan fingerprint density at radius 3 is 3.13 bits per heavy atom. The van der Waals surface area contributed by atoms with Gasteiger partial charge in [-0.15, -0.1) is 0 Å². The van der Waals surface area contributed by atoms with Crippen LogP contribution in [-0.2, 0) is 6.42 Å². The van der Waals surface area contributed by atoms with Crippen LogP contribution >= 0.6 is 0 Å². The number of aliphatic hydroxyl groups is 1. The van der Waals surface area contributed by atoms with Crippen LogP contribution in [-0.4, -0.2) is 26.8 Å². The predicted molar refractivity (Wildman–Crippen MR) is 49.6 cm³/mol. The van der Waals surface area contributed by atoms with E-state index in [1.165, 1.54) is 0 Å². The highest BCUT2D eigenvalue weighted by atomic mass is 16.5. The first-order chi connectivity index (χ1) is 7.33. The predicted octanol–water partition coefficient (Wildman–Crippen LogP) is 0.471. The first kappa shape index (κ1) is 9.43. The van der Waals surface area contributed by atoms with E-state index in [2.05, 4.69) is 15.1 Å². The Morgan fingerprint density at radius 1 is 1.60 bits per heavy atom. The Kier molecular flexibility index (Phi) is 2.48. The largest absolute Gasteiger partial charge is 0.396 e. The van der Waals surface area contributed by atoms with Gasteiger partial charge >= 0.3 is 0 Å². The highest BCUT2D eigenvalue weighted by molar-refractivity contribution is 5.51. The van der Waals surface area contributed by atoms with E-state index in [0.29, 0.717) is 29.4 Å². The van der Waals surface area contributed by atoms with Gasteiger partial charge in [0, 0.05) is 12.6 Å². The lowest BCUT2D eigenvalue weighted by Crippen LogP contribution is -1.92. The molecule has 0 aliphatic heterocycles. The Balaban J connectivity index is 2.25. The Hall–Kier alpha value is -2.13. The lowest BCUT2D eigenvalue weighted by molar-refractivity contribution is 0.293. The SMILES string of the molecule is N#Cc1c[nH]c(-c2nc(CCO)no2)c1. The summed E-state index contributed by atoms with van der Waals surface area (Å²) in [4.78, 5) is 6.89. The van der Waals surface area contributed by atoms with Gasteiger partial charge in [0.05, 0.1) is 12.2 Å². The Bertz CT molecular complexity index is 494. The highest BCUT2D eigenvalue weighted by Gasteiger charge is 2.10. The number of nitriles is 1. The molecule has 0 aromatic carbocycles. The van der Waals surface area contributed by atoms with Crippen LogP contribution in [0.4, 0.5) is 0 Å². The number of hydrogen-bond acceptors (Lipinski definition) is 5.